The molecule has 17 heavy (non-hydrogen) atoms. The van der Waals surface area contributed by atoms with Crippen molar-refractivity contribution in [3.8, 4) is 6.07 Å². The van der Waals surface area contributed by atoms with Crippen LogP contribution in [0.1, 0.15) is 43.3 Å². The van der Waals surface area contributed by atoms with Crippen LogP contribution >= 0.6 is 0 Å². The molecule has 0 atom stereocenters. The summed E-state index contributed by atoms with van der Waals surface area (Å²) in [6.45, 7) is 5.75. The van der Waals surface area contributed by atoms with Crippen molar-refractivity contribution in [3.63, 3.8) is 0 Å². The first-order valence-corrected chi connectivity index (χ1v) is 5.69. The van der Waals surface area contributed by atoms with Gasteiger partial charge in [0.05, 0.1) is 4.92 Å². The summed E-state index contributed by atoms with van der Waals surface area (Å²) in [4.78, 5) is 14.7. The molecule has 5 heteroatoms. The number of pyridine rings is 1. The van der Waals surface area contributed by atoms with Crippen molar-refractivity contribution in [3.05, 3.63) is 32.6 Å². The molecule has 0 aliphatic carbocycles. The summed E-state index contributed by atoms with van der Waals surface area (Å²) in [5.74, 6) is 0. The lowest BCUT2D eigenvalue weighted by atomic mass is 9.97. The molecule has 0 spiro atoms. The van der Waals surface area contributed by atoms with E-state index < -0.39 is 4.92 Å². The van der Waals surface area contributed by atoms with Gasteiger partial charge in [-0.15, -0.1) is 0 Å². The Labute approximate surface area is 100 Å². The second-order valence-corrected chi connectivity index (χ2v) is 3.64. The van der Waals surface area contributed by atoms with Crippen LogP contribution in [0.2, 0.25) is 0 Å². The quantitative estimate of drug-likeness (QED) is 0.591. The van der Waals surface area contributed by atoms with E-state index in [4.69, 9.17) is 5.26 Å². The molecule has 0 aliphatic heterocycles. The van der Waals surface area contributed by atoms with Crippen molar-refractivity contribution < 1.29 is 4.92 Å². The van der Waals surface area contributed by atoms with E-state index in [-0.39, 0.29) is 11.4 Å². The van der Waals surface area contributed by atoms with Gasteiger partial charge in [0, 0.05) is 11.3 Å². The number of nitro groups is 1. The lowest BCUT2D eigenvalue weighted by Gasteiger charge is -2.11. The van der Waals surface area contributed by atoms with Crippen molar-refractivity contribution in [1.29, 1.82) is 5.26 Å². The fourth-order valence-electron chi connectivity index (χ4n) is 2.08. The fraction of sp³-hybridized carbons (Fsp3) is 0.500. The van der Waals surface area contributed by atoms with Crippen LogP contribution in [-0.2, 0) is 19.3 Å². The topological polar surface area (TPSA) is 79.8 Å². The average molecular weight is 233 g/mol. The smallest absolute Gasteiger partial charge is 0.258 e. The van der Waals surface area contributed by atoms with Crippen LogP contribution in [0.3, 0.4) is 0 Å². The number of hydrogen-bond acceptors (Lipinski definition) is 4. The number of nitriles is 1. The monoisotopic (exact) mass is 233 g/mol. The summed E-state index contributed by atoms with van der Waals surface area (Å²) in [5, 5.41) is 20.0. The van der Waals surface area contributed by atoms with Crippen LogP contribution in [0.5, 0.6) is 0 Å². The van der Waals surface area contributed by atoms with Gasteiger partial charge in [0.2, 0.25) is 5.69 Å². The first kappa shape index (κ1) is 13.1. The molecule has 0 aliphatic rings. The predicted octanol–water partition coefficient (Wildman–Crippen LogP) is 2.55. The number of nitrogens with zero attached hydrogens (tertiary/aromatic N) is 3. The van der Waals surface area contributed by atoms with Crippen LogP contribution in [-0.4, -0.2) is 9.91 Å². The van der Waals surface area contributed by atoms with E-state index in [2.05, 4.69) is 4.98 Å². The van der Waals surface area contributed by atoms with Crippen molar-refractivity contribution in [2.45, 2.75) is 40.0 Å². The Balaban J connectivity index is 3.69. The molecule has 0 saturated heterocycles. The molecule has 0 unspecified atom stereocenters. The molecule has 0 radical (unpaired) electrons. The maximum atomic E-state index is 11.0. The second kappa shape index (κ2) is 5.39. The van der Waals surface area contributed by atoms with Crippen LogP contribution in [0.25, 0.3) is 0 Å². The first-order valence-electron chi connectivity index (χ1n) is 5.69. The predicted molar refractivity (Wildman–Crippen MR) is 63.7 cm³/mol. The third-order valence-corrected chi connectivity index (χ3v) is 2.80. The van der Waals surface area contributed by atoms with Gasteiger partial charge in [0.1, 0.15) is 6.07 Å². The molecule has 0 aromatic carbocycles. The molecule has 0 fully saturated rings. The molecule has 1 rings (SSSR count). The van der Waals surface area contributed by atoms with Gasteiger partial charge >= 0.3 is 5.69 Å². The zero-order valence-electron chi connectivity index (χ0n) is 10.3. The molecule has 0 bridgehead atoms. The lowest BCUT2D eigenvalue weighted by molar-refractivity contribution is -0.386. The maximum absolute atomic E-state index is 11.0. The SMILES string of the molecule is CCc1nc(C#N)c([N+](=O)[O-])c(CC)c1CC. The minimum absolute atomic E-state index is 0.0686. The van der Waals surface area contributed by atoms with Gasteiger partial charge in [-0.3, -0.25) is 10.1 Å². The second-order valence-electron chi connectivity index (χ2n) is 3.64. The molecule has 1 aromatic rings. The molecule has 0 saturated carbocycles. The van der Waals surface area contributed by atoms with Gasteiger partial charge in [-0.1, -0.05) is 20.8 Å². The zero-order chi connectivity index (χ0) is 13.0. The van der Waals surface area contributed by atoms with Gasteiger partial charge in [-0.2, -0.15) is 5.26 Å². The largest absolute Gasteiger partial charge is 0.309 e. The van der Waals surface area contributed by atoms with Gasteiger partial charge < -0.3 is 0 Å². The molecule has 90 valence electrons. The van der Waals surface area contributed by atoms with Crippen molar-refractivity contribution >= 4 is 5.69 Å². The van der Waals surface area contributed by atoms with Gasteiger partial charge in [0.15, 0.2) is 0 Å². The Morgan fingerprint density at radius 2 is 1.82 bits per heavy atom. The molecular weight excluding hydrogens is 218 g/mol. The molecule has 0 N–H and O–H groups in total. The Morgan fingerprint density at radius 3 is 2.18 bits per heavy atom. The summed E-state index contributed by atoms with van der Waals surface area (Å²) >= 11 is 0. The number of rotatable bonds is 4. The molecule has 1 heterocycles. The molecule has 0 amide bonds. The Morgan fingerprint density at radius 1 is 1.24 bits per heavy atom. The minimum atomic E-state index is -0.497. The van der Waals surface area contributed by atoms with Gasteiger partial charge in [-0.25, -0.2) is 4.98 Å². The van der Waals surface area contributed by atoms with Crippen LogP contribution in [0.4, 0.5) is 5.69 Å². The van der Waals surface area contributed by atoms with Crippen LogP contribution in [0, 0.1) is 21.4 Å². The van der Waals surface area contributed by atoms with E-state index in [9.17, 15) is 10.1 Å². The first-order chi connectivity index (χ1) is 8.10. The standard InChI is InChI=1S/C12H15N3O2/c1-4-8-9(5-2)12(15(16)17)11(7-13)14-10(8)6-3/h4-6H2,1-3H3. The highest BCUT2D eigenvalue weighted by molar-refractivity contribution is 5.55. The van der Waals surface area contributed by atoms with E-state index in [0.29, 0.717) is 24.8 Å². The zero-order valence-corrected chi connectivity index (χ0v) is 10.3. The maximum Gasteiger partial charge on any atom is 0.309 e. The highest BCUT2D eigenvalue weighted by Crippen LogP contribution is 2.28. The third kappa shape index (κ3) is 2.26. The van der Waals surface area contributed by atoms with Gasteiger partial charge in [-0.05, 0) is 24.8 Å². The molecular formula is C12H15N3O2. The molecule has 5 nitrogen and oxygen atoms in total. The Bertz CT molecular complexity index is 490. The summed E-state index contributed by atoms with van der Waals surface area (Å²) in [6.07, 6.45) is 1.93. The average Bonchev–Trinajstić information content (AvgIpc) is 2.35. The third-order valence-electron chi connectivity index (χ3n) is 2.80. The van der Waals surface area contributed by atoms with Crippen LogP contribution in [0.15, 0.2) is 0 Å². The van der Waals surface area contributed by atoms with E-state index in [1.165, 1.54) is 0 Å². The van der Waals surface area contributed by atoms with Crippen LogP contribution < -0.4 is 0 Å². The number of aromatic nitrogens is 1. The normalized spacial score (nSPS) is 10.0. The Kier molecular flexibility index (Phi) is 4.16. The fourth-order valence-corrected chi connectivity index (χ4v) is 2.08. The van der Waals surface area contributed by atoms with E-state index in [0.717, 1.165) is 11.3 Å². The van der Waals surface area contributed by atoms with Crippen molar-refractivity contribution in [2.75, 3.05) is 0 Å². The lowest BCUT2D eigenvalue weighted by Crippen LogP contribution is -2.08. The summed E-state index contributed by atoms with van der Waals surface area (Å²) < 4.78 is 0. The van der Waals surface area contributed by atoms with Crippen molar-refractivity contribution in [1.82, 2.24) is 4.98 Å². The van der Waals surface area contributed by atoms with E-state index in [1.807, 2.05) is 26.8 Å². The van der Waals surface area contributed by atoms with Gasteiger partial charge in [0.25, 0.3) is 0 Å². The van der Waals surface area contributed by atoms with E-state index in [1.54, 1.807) is 0 Å². The summed E-state index contributed by atoms with van der Waals surface area (Å²) in [6, 6.07) is 1.82. The van der Waals surface area contributed by atoms with Crippen molar-refractivity contribution in [2.24, 2.45) is 0 Å². The number of hydrogen-bond donors (Lipinski definition) is 0. The highest BCUT2D eigenvalue weighted by atomic mass is 16.6. The Hall–Kier alpha value is -1.96. The molecule has 1 aromatic heterocycles. The highest BCUT2D eigenvalue weighted by Gasteiger charge is 2.25. The summed E-state index contributed by atoms with van der Waals surface area (Å²) in [7, 11) is 0. The minimum Gasteiger partial charge on any atom is -0.258 e. The van der Waals surface area contributed by atoms with E-state index >= 15 is 0 Å². The summed E-state index contributed by atoms with van der Waals surface area (Å²) in [5.41, 5.74) is 2.18. The number of aryl methyl sites for hydroxylation is 1.